The molecule has 0 radical (unpaired) electrons. The average molecular weight is 392 g/mol. The zero-order valence-corrected chi connectivity index (χ0v) is 15.8. The molecule has 1 aliphatic rings. The molecular weight excluding hydrogens is 372 g/mol. The summed E-state index contributed by atoms with van der Waals surface area (Å²) in [6, 6.07) is 5.17. The lowest BCUT2D eigenvalue weighted by Crippen LogP contribution is -2.46. The summed E-state index contributed by atoms with van der Waals surface area (Å²) in [5.41, 5.74) is -1.66. The minimum absolute atomic E-state index is 0.235. The quantitative estimate of drug-likeness (QED) is 0.376. The van der Waals surface area contributed by atoms with Crippen molar-refractivity contribution in [2.45, 2.75) is 12.1 Å². The SMILES string of the molecule is COC1=C([N+](=O)[O-])C=C(C=Cc2ccc(OC)c(OC)c2)CC1(OC)[N+](=O)[O-]. The van der Waals surface area contributed by atoms with Gasteiger partial charge in [-0.15, -0.1) is 0 Å². The lowest BCUT2D eigenvalue weighted by atomic mass is 9.92. The van der Waals surface area contributed by atoms with Gasteiger partial charge < -0.3 is 18.9 Å². The van der Waals surface area contributed by atoms with Crippen LogP contribution in [0.4, 0.5) is 0 Å². The second-order valence-corrected chi connectivity index (χ2v) is 5.76. The van der Waals surface area contributed by atoms with Crippen LogP contribution < -0.4 is 9.47 Å². The summed E-state index contributed by atoms with van der Waals surface area (Å²) in [6.45, 7) is 0. The molecule has 10 heteroatoms. The third-order valence-electron chi connectivity index (χ3n) is 4.28. The Morgan fingerprint density at radius 2 is 1.68 bits per heavy atom. The third kappa shape index (κ3) is 3.81. The lowest BCUT2D eigenvalue weighted by molar-refractivity contribution is -0.621. The molecule has 1 aromatic carbocycles. The second-order valence-electron chi connectivity index (χ2n) is 5.76. The summed E-state index contributed by atoms with van der Waals surface area (Å²) in [4.78, 5) is 21.6. The van der Waals surface area contributed by atoms with Crippen LogP contribution in [0.25, 0.3) is 6.08 Å². The predicted octanol–water partition coefficient (Wildman–Crippen LogP) is 2.80. The van der Waals surface area contributed by atoms with Crippen LogP contribution in [0.2, 0.25) is 0 Å². The van der Waals surface area contributed by atoms with Gasteiger partial charge in [-0.3, -0.25) is 20.2 Å². The van der Waals surface area contributed by atoms with Gasteiger partial charge in [-0.1, -0.05) is 18.2 Å². The Kier molecular flexibility index (Phi) is 6.37. The summed E-state index contributed by atoms with van der Waals surface area (Å²) in [7, 11) is 5.26. The van der Waals surface area contributed by atoms with Crippen LogP contribution >= 0.6 is 0 Å². The van der Waals surface area contributed by atoms with E-state index in [0.717, 1.165) is 14.2 Å². The third-order valence-corrected chi connectivity index (χ3v) is 4.28. The molecule has 0 aromatic heterocycles. The number of methoxy groups -OCH3 is 4. The summed E-state index contributed by atoms with van der Waals surface area (Å²) in [5, 5.41) is 23.1. The highest BCUT2D eigenvalue weighted by Gasteiger charge is 2.56. The molecule has 0 fully saturated rings. The van der Waals surface area contributed by atoms with Crippen molar-refractivity contribution in [3.63, 3.8) is 0 Å². The number of hydrogen-bond acceptors (Lipinski definition) is 8. The van der Waals surface area contributed by atoms with E-state index in [2.05, 4.69) is 0 Å². The van der Waals surface area contributed by atoms with E-state index in [4.69, 9.17) is 18.9 Å². The van der Waals surface area contributed by atoms with Crippen LogP contribution in [0.15, 0.2) is 47.4 Å². The summed E-state index contributed by atoms with van der Waals surface area (Å²) >= 11 is 0. The van der Waals surface area contributed by atoms with Gasteiger partial charge in [-0.05, 0) is 23.3 Å². The molecular formula is C18H20N2O8. The second kappa shape index (κ2) is 8.53. The zero-order chi connectivity index (χ0) is 20.9. The first-order chi connectivity index (χ1) is 13.3. The Morgan fingerprint density at radius 1 is 1.00 bits per heavy atom. The van der Waals surface area contributed by atoms with Crippen molar-refractivity contribution >= 4 is 6.08 Å². The van der Waals surface area contributed by atoms with Crippen molar-refractivity contribution in [3.05, 3.63) is 73.2 Å². The number of rotatable bonds is 8. The van der Waals surface area contributed by atoms with E-state index >= 15 is 0 Å². The van der Waals surface area contributed by atoms with Crippen molar-refractivity contribution in [1.29, 1.82) is 0 Å². The van der Waals surface area contributed by atoms with Crippen LogP contribution in [0.5, 0.6) is 11.5 Å². The largest absolute Gasteiger partial charge is 0.493 e. The van der Waals surface area contributed by atoms with Gasteiger partial charge in [0.15, 0.2) is 11.5 Å². The number of allylic oxidation sites excluding steroid dienone is 2. The molecule has 0 heterocycles. The smallest absolute Gasteiger partial charge is 0.393 e. The fourth-order valence-corrected chi connectivity index (χ4v) is 2.90. The van der Waals surface area contributed by atoms with E-state index in [1.165, 1.54) is 20.3 Å². The molecule has 1 aromatic rings. The first-order valence-corrected chi connectivity index (χ1v) is 8.06. The fraction of sp³-hybridized carbons (Fsp3) is 0.333. The topological polar surface area (TPSA) is 123 Å². The van der Waals surface area contributed by atoms with Crippen molar-refractivity contribution in [1.82, 2.24) is 0 Å². The molecule has 150 valence electrons. The number of ether oxygens (including phenoxy) is 4. The van der Waals surface area contributed by atoms with Crippen LogP contribution in [-0.2, 0) is 9.47 Å². The first kappa shape index (κ1) is 20.9. The molecule has 1 atom stereocenters. The fourth-order valence-electron chi connectivity index (χ4n) is 2.90. The Morgan fingerprint density at radius 3 is 2.18 bits per heavy atom. The van der Waals surface area contributed by atoms with E-state index < -0.39 is 27.0 Å². The van der Waals surface area contributed by atoms with Crippen molar-refractivity contribution in [3.8, 4) is 11.5 Å². The van der Waals surface area contributed by atoms with Gasteiger partial charge in [0, 0.05) is 13.2 Å². The molecule has 10 nitrogen and oxygen atoms in total. The molecule has 0 aliphatic heterocycles. The van der Waals surface area contributed by atoms with Crippen LogP contribution in [0.3, 0.4) is 0 Å². The van der Waals surface area contributed by atoms with E-state index in [0.29, 0.717) is 22.6 Å². The van der Waals surface area contributed by atoms with E-state index in [1.807, 2.05) is 0 Å². The maximum atomic E-state index is 11.7. The molecule has 0 saturated carbocycles. The van der Waals surface area contributed by atoms with Crippen LogP contribution in [-0.4, -0.2) is 44.0 Å². The van der Waals surface area contributed by atoms with Crippen molar-refractivity contribution in [2.75, 3.05) is 28.4 Å². The highest BCUT2D eigenvalue weighted by atomic mass is 16.7. The highest BCUT2D eigenvalue weighted by molar-refractivity contribution is 5.59. The standard InChI is InChI=1S/C18H20N2O8/c1-25-15-8-7-12(10-16(15)26-2)5-6-13-9-14(19(21)22)17(27-3)18(11-13,28-4)20(23)24/h5-10H,11H2,1-4H3. The number of nitro groups is 2. The number of hydrogen-bond donors (Lipinski definition) is 0. The van der Waals surface area contributed by atoms with Crippen LogP contribution in [0.1, 0.15) is 12.0 Å². The van der Waals surface area contributed by atoms with Gasteiger partial charge in [0.05, 0.1) is 37.6 Å². The maximum absolute atomic E-state index is 11.7. The molecule has 1 aliphatic carbocycles. The van der Waals surface area contributed by atoms with Gasteiger partial charge >= 0.3 is 11.4 Å². The minimum atomic E-state index is -2.18. The number of nitrogens with zero attached hydrogens (tertiary/aromatic N) is 2. The van der Waals surface area contributed by atoms with Gasteiger partial charge in [0.2, 0.25) is 0 Å². The minimum Gasteiger partial charge on any atom is -0.493 e. The molecule has 1 unspecified atom stereocenters. The Balaban J connectivity index is 2.48. The Labute approximate surface area is 160 Å². The van der Waals surface area contributed by atoms with Gasteiger partial charge in [-0.2, -0.15) is 0 Å². The Hall–Kier alpha value is -3.40. The molecule has 28 heavy (non-hydrogen) atoms. The predicted molar refractivity (Wildman–Crippen MR) is 99.0 cm³/mol. The summed E-state index contributed by atoms with van der Waals surface area (Å²) in [5.74, 6) is 0.603. The first-order valence-electron chi connectivity index (χ1n) is 8.06. The molecule has 0 saturated heterocycles. The molecule has 2 rings (SSSR count). The molecule has 0 bridgehead atoms. The molecule has 0 spiro atoms. The van der Waals surface area contributed by atoms with E-state index in [9.17, 15) is 20.2 Å². The summed E-state index contributed by atoms with van der Waals surface area (Å²) in [6.07, 6.45) is 4.20. The number of benzene rings is 1. The van der Waals surface area contributed by atoms with Crippen molar-refractivity contribution < 1.29 is 28.8 Å². The van der Waals surface area contributed by atoms with Crippen molar-refractivity contribution in [2.24, 2.45) is 0 Å². The monoisotopic (exact) mass is 392 g/mol. The maximum Gasteiger partial charge on any atom is 0.393 e. The van der Waals surface area contributed by atoms with Gasteiger partial charge in [-0.25, -0.2) is 0 Å². The Bertz CT molecular complexity index is 874. The lowest BCUT2D eigenvalue weighted by Gasteiger charge is -2.27. The van der Waals surface area contributed by atoms with Crippen LogP contribution in [0, 0.1) is 20.2 Å². The van der Waals surface area contributed by atoms with E-state index in [1.54, 1.807) is 30.4 Å². The molecule has 0 N–H and O–H groups in total. The zero-order valence-electron chi connectivity index (χ0n) is 15.8. The van der Waals surface area contributed by atoms with Gasteiger partial charge in [0.1, 0.15) is 0 Å². The highest BCUT2D eigenvalue weighted by Crippen LogP contribution is 2.38. The summed E-state index contributed by atoms with van der Waals surface area (Å²) < 4.78 is 20.5. The average Bonchev–Trinajstić information content (AvgIpc) is 2.70. The normalized spacial score (nSPS) is 19.4. The van der Waals surface area contributed by atoms with Gasteiger partial charge in [0.25, 0.3) is 5.76 Å². The molecule has 0 amide bonds. The van der Waals surface area contributed by atoms with E-state index in [-0.39, 0.29) is 6.42 Å².